The fraction of sp³-hybridized carbons (Fsp3) is 0.300. The number of hydrogen-bond donors (Lipinski definition) is 2. The van der Waals surface area contributed by atoms with Crippen molar-refractivity contribution in [1.29, 1.82) is 0 Å². The van der Waals surface area contributed by atoms with Gasteiger partial charge in [-0.3, -0.25) is 9.59 Å². The lowest BCUT2D eigenvalue weighted by molar-refractivity contribution is -0.175. The second-order valence-corrected chi connectivity index (χ2v) is 3.61. The summed E-state index contributed by atoms with van der Waals surface area (Å²) in [5.74, 6) is -7.13. The molecule has 19 heavy (non-hydrogen) atoms. The van der Waals surface area contributed by atoms with Gasteiger partial charge >= 0.3 is 29.8 Å². The van der Waals surface area contributed by atoms with Gasteiger partial charge in [-0.2, -0.15) is 0 Å². The fourth-order valence-electron chi connectivity index (χ4n) is 1.19. The highest BCUT2D eigenvalue weighted by atomic mass is 16.6. The van der Waals surface area contributed by atoms with E-state index in [1.165, 1.54) is 0 Å². The van der Waals surface area contributed by atoms with Gasteiger partial charge in [-0.1, -0.05) is 0 Å². The van der Waals surface area contributed by atoms with E-state index in [0.717, 1.165) is 0 Å². The number of ether oxygens (including phenoxy) is 2. The van der Waals surface area contributed by atoms with Crippen LogP contribution in [0.3, 0.4) is 0 Å². The number of rotatable bonds is 1. The SMILES string of the molecule is O=C1/C=C\C(=O)OC(=O)CC(O)(C(=O)O)CC(=O)O1. The Balaban J connectivity index is 3.06. The highest BCUT2D eigenvalue weighted by Crippen LogP contribution is 2.18. The summed E-state index contributed by atoms with van der Waals surface area (Å²) >= 11 is 0. The standard InChI is InChI=1S/C10H8O9/c11-5-1-2-6(12)19-8(14)4-10(17,9(15)16)3-7(13)18-5/h1-2,17H,3-4H2,(H,15,16)/b2-1-. The average Bonchev–Trinajstić information content (AvgIpc) is 2.25. The molecule has 0 unspecified atom stereocenters. The summed E-state index contributed by atoms with van der Waals surface area (Å²) in [5.41, 5.74) is -2.82. The van der Waals surface area contributed by atoms with Crippen LogP contribution in [0.2, 0.25) is 0 Å². The molecule has 0 aromatic carbocycles. The Hall–Kier alpha value is -2.55. The molecule has 0 atom stereocenters. The zero-order valence-corrected chi connectivity index (χ0v) is 9.32. The van der Waals surface area contributed by atoms with Crippen LogP contribution < -0.4 is 0 Å². The van der Waals surface area contributed by atoms with E-state index < -0.39 is 48.3 Å². The molecule has 0 fully saturated rings. The number of hydrogen-bond acceptors (Lipinski definition) is 8. The molecule has 1 rings (SSSR count). The third-order valence-electron chi connectivity index (χ3n) is 2.06. The van der Waals surface area contributed by atoms with Gasteiger partial charge in [0.25, 0.3) is 0 Å². The van der Waals surface area contributed by atoms with Gasteiger partial charge in [0.2, 0.25) is 0 Å². The zero-order chi connectivity index (χ0) is 14.6. The van der Waals surface area contributed by atoms with Crippen molar-refractivity contribution in [2.24, 2.45) is 0 Å². The van der Waals surface area contributed by atoms with Gasteiger partial charge in [0.15, 0.2) is 5.60 Å². The normalized spacial score (nSPS) is 21.9. The maximum Gasteiger partial charge on any atom is 0.338 e. The van der Waals surface area contributed by atoms with E-state index in [-0.39, 0.29) is 0 Å². The predicted molar refractivity (Wildman–Crippen MR) is 53.2 cm³/mol. The molecule has 0 spiro atoms. The smallest absolute Gasteiger partial charge is 0.338 e. The average molecular weight is 272 g/mol. The summed E-state index contributed by atoms with van der Waals surface area (Å²) in [5, 5.41) is 18.4. The number of carboxylic acids is 1. The lowest BCUT2D eigenvalue weighted by atomic mass is 9.96. The van der Waals surface area contributed by atoms with E-state index in [0.29, 0.717) is 12.2 Å². The molecule has 1 aliphatic heterocycles. The molecule has 0 saturated heterocycles. The minimum atomic E-state index is -2.82. The van der Waals surface area contributed by atoms with Gasteiger partial charge in [0, 0.05) is 12.2 Å². The van der Waals surface area contributed by atoms with Crippen molar-refractivity contribution >= 4 is 29.8 Å². The summed E-state index contributed by atoms with van der Waals surface area (Å²) in [6.07, 6.45) is -1.24. The minimum Gasteiger partial charge on any atom is -0.479 e. The fourth-order valence-corrected chi connectivity index (χ4v) is 1.19. The first-order chi connectivity index (χ1) is 8.73. The lowest BCUT2D eigenvalue weighted by Crippen LogP contribution is -2.43. The molecule has 1 heterocycles. The van der Waals surface area contributed by atoms with Crippen LogP contribution in [0.15, 0.2) is 12.2 Å². The molecule has 9 heteroatoms. The van der Waals surface area contributed by atoms with Gasteiger partial charge in [-0.25, -0.2) is 14.4 Å². The Kier molecular flexibility index (Phi) is 4.12. The first kappa shape index (κ1) is 14.5. The molecule has 9 nitrogen and oxygen atoms in total. The second kappa shape index (κ2) is 5.40. The van der Waals surface area contributed by atoms with Crippen LogP contribution in [-0.4, -0.2) is 45.7 Å². The number of aliphatic hydroxyl groups is 1. The molecule has 102 valence electrons. The zero-order valence-electron chi connectivity index (χ0n) is 9.32. The van der Waals surface area contributed by atoms with Crippen molar-refractivity contribution in [1.82, 2.24) is 0 Å². The van der Waals surface area contributed by atoms with E-state index in [9.17, 15) is 29.1 Å². The van der Waals surface area contributed by atoms with Gasteiger partial charge in [-0.15, -0.1) is 0 Å². The van der Waals surface area contributed by atoms with E-state index in [4.69, 9.17) is 5.11 Å². The summed E-state index contributed by atoms with van der Waals surface area (Å²) in [7, 11) is 0. The van der Waals surface area contributed by atoms with Crippen LogP contribution in [0.5, 0.6) is 0 Å². The van der Waals surface area contributed by atoms with Crippen LogP contribution in [0.4, 0.5) is 0 Å². The van der Waals surface area contributed by atoms with Crippen molar-refractivity contribution < 1.29 is 43.7 Å². The summed E-state index contributed by atoms with van der Waals surface area (Å²) in [4.78, 5) is 55.2. The molecule has 0 amide bonds. The molecule has 0 aliphatic carbocycles. The minimum absolute atomic E-state index is 0.526. The van der Waals surface area contributed by atoms with Gasteiger partial charge < -0.3 is 19.7 Å². The third kappa shape index (κ3) is 4.00. The van der Waals surface area contributed by atoms with Crippen molar-refractivity contribution in [2.45, 2.75) is 18.4 Å². The molecule has 0 aromatic heterocycles. The van der Waals surface area contributed by atoms with Gasteiger partial charge in [0.05, 0.1) is 12.8 Å². The highest BCUT2D eigenvalue weighted by molar-refractivity contribution is 6.01. The number of carbonyl (C=O) groups is 5. The Morgan fingerprint density at radius 1 is 1.00 bits per heavy atom. The lowest BCUT2D eigenvalue weighted by Gasteiger charge is -2.20. The molecule has 1 aliphatic rings. The molecule has 0 saturated carbocycles. The van der Waals surface area contributed by atoms with Crippen LogP contribution in [0.1, 0.15) is 12.8 Å². The summed E-state index contributed by atoms with van der Waals surface area (Å²) in [6.45, 7) is 0. The summed E-state index contributed by atoms with van der Waals surface area (Å²) in [6, 6.07) is 0. The van der Waals surface area contributed by atoms with Gasteiger partial charge in [0.1, 0.15) is 0 Å². The summed E-state index contributed by atoms with van der Waals surface area (Å²) < 4.78 is 8.21. The molecular weight excluding hydrogens is 264 g/mol. The first-order valence-electron chi connectivity index (χ1n) is 4.86. The van der Waals surface area contributed by atoms with E-state index in [1.807, 2.05) is 0 Å². The van der Waals surface area contributed by atoms with E-state index >= 15 is 0 Å². The van der Waals surface area contributed by atoms with E-state index in [1.54, 1.807) is 0 Å². The van der Waals surface area contributed by atoms with Crippen LogP contribution in [0.25, 0.3) is 0 Å². The Morgan fingerprint density at radius 3 is 1.68 bits per heavy atom. The number of aliphatic carboxylic acids is 1. The van der Waals surface area contributed by atoms with Crippen LogP contribution in [0, 0.1) is 0 Å². The third-order valence-corrected chi connectivity index (χ3v) is 2.06. The molecule has 0 radical (unpaired) electrons. The predicted octanol–water partition coefficient (Wildman–Crippen LogP) is -1.71. The largest absolute Gasteiger partial charge is 0.479 e. The molecule has 0 bridgehead atoms. The van der Waals surface area contributed by atoms with Crippen molar-refractivity contribution in [2.75, 3.05) is 0 Å². The maximum atomic E-state index is 11.2. The van der Waals surface area contributed by atoms with E-state index in [2.05, 4.69) is 9.47 Å². The number of carboxylic acid groups (broad SMARTS) is 1. The van der Waals surface area contributed by atoms with Crippen molar-refractivity contribution in [3.05, 3.63) is 12.2 Å². The Labute approximate surface area is 105 Å². The monoisotopic (exact) mass is 272 g/mol. The molecule has 0 aromatic rings. The van der Waals surface area contributed by atoms with Crippen LogP contribution >= 0.6 is 0 Å². The molecular formula is C10H8O9. The second-order valence-electron chi connectivity index (χ2n) is 3.61. The quantitative estimate of drug-likeness (QED) is 0.421. The highest BCUT2D eigenvalue weighted by Gasteiger charge is 2.42. The topological polar surface area (TPSA) is 144 Å². The van der Waals surface area contributed by atoms with Gasteiger partial charge in [-0.05, 0) is 0 Å². The van der Waals surface area contributed by atoms with Crippen molar-refractivity contribution in [3.8, 4) is 0 Å². The maximum absolute atomic E-state index is 11.2. The first-order valence-corrected chi connectivity index (χ1v) is 4.86. The number of cyclic esters (lactones) is 4. The number of esters is 4. The van der Waals surface area contributed by atoms with Crippen LogP contribution in [-0.2, 0) is 33.4 Å². The molecule has 2 N–H and O–H groups in total. The Bertz CT molecular complexity index is 453. The number of carbonyl (C=O) groups excluding carboxylic acids is 4. The van der Waals surface area contributed by atoms with Crippen molar-refractivity contribution in [3.63, 3.8) is 0 Å². The Morgan fingerprint density at radius 2 is 1.37 bits per heavy atom.